The van der Waals surface area contributed by atoms with Gasteiger partial charge in [0.05, 0.1) is 10.9 Å². The molecule has 1 aromatic rings. The minimum atomic E-state index is -0.729. The highest BCUT2D eigenvalue weighted by molar-refractivity contribution is 6.34. The van der Waals surface area contributed by atoms with Gasteiger partial charge < -0.3 is 10.4 Å². The minimum absolute atomic E-state index is 0.114. The molecule has 2 rings (SSSR count). The van der Waals surface area contributed by atoms with Crippen molar-refractivity contribution >= 4 is 35.1 Å². The molecule has 1 heterocycles. The molecule has 1 fully saturated rings. The number of carbonyl (C=O) groups is 2. The van der Waals surface area contributed by atoms with E-state index in [1.807, 2.05) is 0 Å². The van der Waals surface area contributed by atoms with Crippen molar-refractivity contribution < 1.29 is 14.7 Å². The Hall–Kier alpha value is -1.33. The lowest BCUT2D eigenvalue weighted by Crippen LogP contribution is -2.33. The largest absolute Gasteiger partial charge is 0.481 e. The number of pyridine rings is 1. The van der Waals surface area contributed by atoms with Gasteiger partial charge in [0.25, 0.3) is 5.91 Å². The van der Waals surface area contributed by atoms with Crippen LogP contribution in [0.1, 0.15) is 36.2 Å². The molecule has 1 aliphatic rings. The highest BCUT2D eigenvalue weighted by Gasteiger charge is 2.26. The lowest BCUT2D eigenvalue weighted by atomic mass is 9.82. The second-order valence-corrected chi connectivity index (χ2v) is 6.02. The Bertz CT molecular complexity index is 543. The average Bonchev–Trinajstić information content (AvgIpc) is 2.47. The highest BCUT2D eigenvalue weighted by Crippen LogP contribution is 2.28. The molecule has 0 aliphatic heterocycles. The number of halogens is 2. The maximum absolute atomic E-state index is 12.0. The maximum Gasteiger partial charge on any atom is 0.306 e. The fraction of sp³-hybridized carbons (Fsp3) is 0.500. The molecule has 1 aliphatic carbocycles. The second-order valence-electron chi connectivity index (χ2n) is 5.23. The van der Waals surface area contributed by atoms with Crippen molar-refractivity contribution in [1.29, 1.82) is 0 Å². The molecule has 0 bridgehead atoms. The van der Waals surface area contributed by atoms with Crippen LogP contribution in [0.5, 0.6) is 0 Å². The van der Waals surface area contributed by atoms with E-state index >= 15 is 0 Å². The number of amides is 1. The summed E-state index contributed by atoms with van der Waals surface area (Å²) in [5.41, 5.74) is 0.114. The Morgan fingerprint density at radius 1 is 1.24 bits per heavy atom. The number of nitrogens with one attached hydrogen (secondary N) is 1. The molecular formula is C14H16Cl2N2O3. The normalized spacial score (nSPS) is 21.8. The smallest absolute Gasteiger partial charge is 0.306 e. The van der Waals surface area contributed by atoms with Gasteiger partial charge in [-0.1, -0.05) is 23.2 Å². The Morgan fingerprint density at radius 2 is 1.90 bits per heavy atom. The van der Waals surface area contributed by atoms with Gasteiger partial charge in [-0.05, 0) is 43.7 Å². The Kier molecular flexibility index (Phi) is 5.42. The Labute approximate surface area is 132 Å². The van der Waals surface area contributed by atoms with Crippen LogP contribution in [0.3, 0.4) is 0 Å². The van der Waals surface area contributed by atoms with Crippen molar-refractivity contribution in [2.24, 2.45) is 11.8 Å². The molecule has 0 atom stereocenters. The quantitative estimate of drug-likeness (QED) is 0.831. The van der Waals surface area contributed by atoms with Crippen molar-refractivity contribution in [2.45, 2.75) is 25.7 Å². The van der Waals surface area contributed by atoms with Crippen molar-refractivity contribution in [3.8, 4) is 0 Å². The summed E-state index contributed by atoms with van der Waals surface area (Å²) in [6.07, 6.45) is 2.92. The molecule has 0 unspecified atom stereocenters. The van der Waals surface area contributed by atoms with E-state index in [1.54, 1.807) is 0 Å². The molecule has 114 valence electrons. The van der Waals surface area contributed by atoms with E-state index in [2.05, 4.69) is 10.3 Å². The van der Waals surface area contributed by atoms with E-state index < -0.39 is 5.97 Å². The number of aromatic nitrogens is 1. The van der Waals surface area contributed by atoms with Crippen LogP contribution in [0, 0.1) is 11.8 Å². The van der Waals surface area contributed by atoms with Gasteiger partial charge in [0, 0.05) is 6.54 Å². The number of hydrogen-bond donors (Lipinski definition) is 2. The highest BCUT2D eigenvalue weighted by atomic mass is 35.5. The van der Waals surface area contributed by atoms with E-state index in [0.29, 0.717) is 25.3 Å². The molecule has 21 heavy (non-hydrogen) atoms. The predicted molar refractivity (Wildman–Crippen MR) is 79.7 cm³/mol. The topological polar surface area (TPSA) is 79.3 Å². The third kappa shape index (κ3) is 4.32. The van der Waals surface area contributed by atoms with Crippen molar-refractivity contribution in [2.75, 3.05) is 6.54 Å². The van der Waals surface area contributed by atoms with E-state index in [-0.39, 0.29) is 27.7 Å². The number of carbonyl (C=O) groups excluding carboxylic acids is 1. The molecular weight excluding hydrogens is 315 g/mol. The van der Waals surface area contributed by atoms with Crippen molar-refractivity contribution in [1.82, 2.24) is 10.3 Å². The van der Waals surface area contributed by atoms with Crippen LogP contribution in [0.4, 0.5) is 0 Å². The SMILES string of the molecule is O=C(NCC1CCC(C(=O)O)CC1)c1nc(Cl)ccc1Cl. The van der Waals surface area contributed by atoms with Gasteiger partial charge in [-0.25, -0.2) is 4.98 Å². The first-order chi connectivity index (χ1) is 9.97. The third-order valence-corrected chi connectivity index (χ3v) is 4.29. The lowest BCUT2D eigenvalue weighted by Gasteiger charge is -2.26. The predicted octanol–water partition coefficient (Wildman–Crippen LogP) is 3.01. The molecule has 1 amide bonds. The maximum atomic E-state index is 12.0. The molecule has 7 heteroatoms. The fourth-order valence-electron chi connectivity index (χ4n) is 2.51. The number of carboxylic acids is 1. The fourth-order valence-corrected chi connectivity index (χ4v) is 2.85. The summed E-state index contributed by atoms with van der Waals surface area (Å²) in [7, 11) is 0. The summed E-state index contributed by atoms with van der Waals surface area (Å²) in [6, 6.07) is 3.05. The van der Waals surface area contributed by atoms with Gasteiger partial charge >= 0.3 is 5.97 Å². The van der Waals surface area contributed by atoms with E-state index in [4.69, 9.17) is 28.3 Å². The summed E-state index contributed by atoms with van der Waals surface area (Å²) in [6.45, 7) is 0.496. The van der Waals surface area contributed by atoms with Gasteiger partial charge in [0.2, 0.25) is 0 Å². The van der Waals surface area contributed by atoms with Gasteiger partial charge in [0.15, 0.2) is 0 Å². The van der Waals surface area contributed by atoms with Crippen LogP contribution >= 0.6 is 23.2 Å². The summed E-state index contributed by atoms with van der Waals surface area (Å²) < 4.78 is 0. The first kappa shape index (κ1) is 16.0. The molecule has 1 saturated carbocycles. The number of nitrogens with zero attached hydrogens (tertiary/aromatic N) is 1. The lowest BCUT2D eigenvalue weighted by molar-refractivity contribution is -0.143. The third-order valence-electron chi connectivity index (χ3n) is 3.77. The Morgan fingerprint density at radius 3 is 2.52 bits per heavy atom. The van der Waals surface area contributed by atoms with E-state index in [0.717, 1.165) is 12.8 Å². The van der Waals surface area contributed by atoms with Gasteiger partial charge in [0.1, 0.15) is 10.8 Å². The first-order valence-electron chi connectivity index (χ1n) is 6.80. The molecule has 2 N–H and O–H groups in total. The van der Waals surface area contributed by atoms with Gasteiger partial charge in [-0.2, -0.15) is 0 Å². The molecule has 1 aromatic heterocycles. The summed E-state index contributed by atoms with van der Waals surface area (Å²) in [4.78, 5) is 26.8. The number of carboxylic acid groups (broad SMARTS) is 1. The van der Waals surface area contributed by atoms with E-state index in [9.17, 15) is 9.59 Å². The molecule has 0 aromatic carbocycles. The number of rotatable bonds is 4. The minimum Gasteiger partial charge on any atom is -0.481 e. The zero-order valence-electron chi connectivity index (χ0n) is 11.3. The number of aliphatic carboxylic acids is 1. The molecule has 0 spiro atoms. The van der Waals surface area contributed by atoms with E-state index in [1.165, 1.54) is 12.1 Å². The molecule has 0 radical (unpaired) electrons. The molecule has 5 nitrogen and oxygen atoms in total. The summed E-state index contributed by atoms with van der Waals surface area (Å²) in [5.74, 6) is -1.04. The van der Waals surface area contributed by atoms with Gasteiger partial charge in [-0.15, -0.1) is 0 Å². The molecule has 0 saturated heterocycles. The van der Waals surface area contributed by atoms with Crippen molar-refractivity contribution in [3.05, 3.63) is 28.0 Å². The summed E-state index contributed by atoms with van der Waals surface area (Å²) in [5, 5.41) is 12.2. The summed E-state index contributed by atoms with van der Waals surface area (Å²) >= 11 is 11.7. The second kappa shape index (κ2) is 7.09. The Balaban J connectivity index is 1.85. The van der Waals surface area contributed by atoms with Crippen LogP contribution in [0.15, 0.2) is 12.1 Å². The van der Waals surface area contributed by atoms with Crippen LogP contribution in [-0.2, 0) is 4.79 Å². The zero-order chi connectivity index (χ0) is 15.4. The monoisotopic (exact) mass is 330 g/mol. The zero-order valence-corrected chi connectivity index (χ0v) is 12.8. The average molecular weight is 331 g/mol. The standard InChI is InChI=1S/C14H16Cl2N2O3/c15-10-5-6-11(16)18-12(10)13(19)17-7-8-1-3-9(4-2-8)14(20)21/h5-6,8-9H,1-4,7H2,(H,17,19)(H,20,21). The first-order valence-corrected chi connectivity index (χ1v) is 7.56. The number of hydrogen-bond acceptors (Lipinski definition) is 3. The van der Waals surface area contributed by atoms with Crippen LogP contribution < -0.4 is 5.32 Å². The van der Waals surface area contributed by atoms with Crippen LogP contribution in [0.25, 0.3) is 0 Å². The van der Waals surface area contributed by atoms with Crippen molar-refractivity contribution in [3.63, 3.8) is 0 Å². The van der Waals surface area contributed by atoms with Crippen LogP contribution in [-0.4, -0.2) is 28.5 Å². The van der Waals surface area contributed by atoms with Gasteiger partial charge in [-0.3, -0.25) is 9.59 Å². The van der Waals surface area contributed by atoms with Crippen LogP contribution in [0.2, 0.25) is 10.2 Å².